The number of aliphatic hydroxyl groups excluding tert-OH is 1. The average Bonchev–Trinajstić information content (AvgIpc) is 3.77. The summed E-state index contributed by atoms with van der Waals surface area (Å²) in [7, 11) is -4.03. The lowest BCUT2D eigenvalue weighted by Crippen LogP contribution is -2.60. The third-order valence-corrected chi connectivity index (χ3v) is 12.3. The van der Waals surface area contributed by atoms with Crippen molar-refractivity contribution in [2.75, 3.05) is 13.1 Å². The molecular weight excluding hydrogens is 695 g/mol. The minimum Gasteiger partial charge on any atom is -0.390 e. The molecule has 0 bridgehead atoms. The smallest absolute Gasteiger partial charge is 0.243 e. The molecule has 4 aromatic rings. The van der Waals surface area contributed by atoms with E-state index in [0.29, 0.717) is 0 Å². The largest absolute Gasteiger partial charge is 0.390 e. The summed E-state index contributed by atoms with van der Waals surface area (Å²) >= 11 is 1.42. The predicted octanol–water partition coefficient (Wildman–Crippen LogP) is 5.54. The summed E-state index contributed by atoms with van der Waals surface area (Å²) in [5.41, 5.74) is 1.78. The number of benzene rings is 3. The molecule has 5 rings (SSSR count). The first-order chi connectivity index (χ1) is 24.5. The Bertz CT molecular complexity index is 1940. The van der Waals surface area contributed by atoms with E-state index in [0.717, 1.165) is 39.2 Å². The molecule has 12 heteroatoms. The molecule has 2 amide bonds. The van der Waals surface area contributed by atoms with Gasteiger partial charge in [0.1, 0.15) is 6.04 Å². The van der Waals surface area contributed by atoms with Gasteiger partial charge >= 0.3 is 0 Å². The molecular formula is C40H53N5O5S2. The number of amides is 2. The van der Waals surface area contributed by atoms with Crippen LogP contribution in [0.5, 0.6) is 0 Å². The number of aryl methyl sites for hydroxylation is 1. The van der Waals surface area contributed by atoms with Gasteiger partial charge in [-0.25, -0.2) is 13.4 Å². The van der Waals surface area contributed by atoms with Crippen LogP contribution in [0, 0.1) is 18.3 Å². The standard InChI is InChI=1S/C40H53N5O5S2/c1-26(2)24-45(52(49,50)31-18-19-32-35(23-31)51-28(4)41-32)25-34(46)33(22-29-14-10-8-11-15-29)42-38(48)36(39(5,6)7)43-37(47)27(3)44-40(20-21-40)30-16-12-9-13-17-30/h8-19,23,26-27,33-34,36,44,46H,20-22,24-25H2,1-7H3,(H,42,48)(H,43,47)/t27?,33-,34+,36+/m0/s1. The lowest BCUT2D eigenvalue weighted by Gasteiger charge is -2.35. The molecule has 280 valence electrons. The summed E-state index contributed by atoms with van der Waals surface area (Å²) < 4.78 is 30.3. The summed E-state index contributed by atoms with van der Waals surface area (Å²) in [5, 5.41) is 22.2. The zero-order valence-electron chi connectivity index (χ0n) is 31.2. The minimum atomic E-state index is -4.03. The fraction of sp³-hybridized carbons (Fsp3) is 0.475. The summed E-state index contributed by atoms with van der Waals surface area (Å²) in [5.74, 6) is -0.799. The quantitative estimate of drug-likeness (QED) is 0.118. The van der Waals surface area contributed by atoms with E-state index in [1.165, 1.54) is 15.6 Å². The summed E-state index contributed by atoms with van der Waals surface area (Å²) in [6.07, 6.45) is 0.807. The summed E-state index contributed by atoms with van der Waals surface area (Å²) in [6, 6.07) is 22.0. The molecule has 1 saturated carbocycles. The normalized spacial score (nSPS) is 16.7. The maximum Gasteiger partial charge on any atom is 0.243 e. The number of thiazole rings is 1. The van der Waals surface area contributed by atoms with Crippen LogP contribution in [-0.4, -0.2) is 71.9 Å². The van der Waals surface area contributed by atoms with Crippen molar-refractivity contribution >= 4 is 43.4 Å². The monoisotopic (exact) mass is 747 g/mol. The minimum absolute atomic E-state index is 0.0359. The SMILES string of the molecule is Cc1nc2ccc(S(=O)(=O)N(CC(C)C)C[C@@H](O)[C@H](Cc3ccccc3)NC(=O)[C@@H](NC(=O)C(C)NC3(c4ccccc4)CC3)C(C)(C)C)cc2s1. The number of hydrogen-bond donors (Lipinski definition) is 4. The number of carbonyl (C=O) groups excluding carboxylic acids is 2. The van der Waals surface area contributed by atoms with Crippen molar-refractivity contribution < 1.29 is 23.1 Å². The molecule has 3 aromatic carbocycles. The predicted molar refractivity (Wildman–Crippen MR) is 207 cm³/mol. The molecule has 1 fully saturated rings. The van der Waals surface area contributed by atoms with Crippen LogP contribution in [0.25, 0.3) is 10.2 Å². The first kappa shape index (κ1) is 39.5. The van der Waals surface area contributed by atoms with E-state index in [2.05, 4.69) is 33.1 Å². The molecule has 1 heterocycles. The Hall–Kier alpha value is -3.68. The molecule has 0 spiro atoms. The molecule has 0 aliphatic heterocycles. The van der Waals surface area contributed by atoms with Gasteiger partial charge in [-0.15, -0.1) is 11.3 Å². The van der Waals surface area contributed by atoms with E-state index in [4.69, 9.17) is 0 Å². The van der Waals surface area contributed by atoms with Crippen LogP contribution in [0.1, 0.15) is 70.5 Å². The van der Waals surface area contributed by atoms with Crippen LogP contribution in [0.15, 0.2) is 83.8 Å². The zero-order chi connectivity index (χ0) is 37.8. The van der Waals surface area contributed by atoms with Crippen molar-refractivity contribution in [1.82, 2.24) is 25.2 Å². The van der Waals surface area contributed by atoms with Crippen LogP contribution in [0.3, 0.4) is 0 Å². The van der Waals surface area contributed by atoms with Gasteiger partial charge in [-0.1, -0.05) is 95.3 Å². The molecule has 1 unspecified atom stereocenters. The van der Waals surface area contributed by atoms with Crippen molar-refractivity contribution in [3.63, 3.8) is 0 Å². The van der Waals surface area contributed by atoms with Gasteiger partial charge in [-0.05, 0) is 73.8 Å². The highest BCUT2D eigenvalue weighted by Crippen LogP contribution is 2.45. The molecule has 4 N–H and O–H groups in total. The second kappa shape index (κ2) is 16.1. The zero-order valence-corrected chi connectivity index (χ0v) is 32.9. The number of aromatic nitrogens is 1. The van der Waals surface area contributed by atoms with Crippen LogP contribution in [0.4, 0.5) is 0 Å². The highest BCUT2D eigenvalue weighted by atomic mass is 32.2. The molecule has 10 nitrogen and oxygen atoms in total. The maximum atomic E-state index is 14.2. The van der Waals surface area contributed by atoms with Gasteiger partial charge in [-0.3, -0.25) is 14.9 Å². The maximum absolute atomic E-state index is 14.2. The van der Waals surface area contributed by atoms with Gasteiger partial charge in [0.25, 0.3) is 0 Å². The topological polar surface area (TPSA) is 141 Å². The lowest BCUT2D eigenvalue weighted by atomic mass is 9.85. The third-order valence-electron chi connectivity index (χ3n) is 9.53. The molecule has 0 saturated heterocycles. The van der Waals surface area contributed by atoms with E-state index >= 15 is 0 Å². The highest BCUT2D eigenvalue weighted by Gasteiger charge is 2.46. The summed E-state index contributed by atoms with van der Waals surface area (Å²) in [4.78, 5) is 32.4. The molecule has 1 aliphatic carbocycles. The number of sulfonamides is 1. The van der Waals surface area contributed by atoms with Crippen molar-refractivity contribution in [3.8, 4) is 0 Å². The fourth-order valence-corrected chi connectivity index (χ4v) is 9.17. The van der Waals surface area contributed by atoms with Crippen LogP contribution in [-0.2, 0) is 31.6 Å². The average molecular weight is 748 g/mol. The van der Waals surface area contributed by atoms with Gasteiger partial charge in [0.15, 0.2) is 0 Å². The van der Waals surface area contributed by atoms with Gasteiger partial charge in [0, 0.05) is 18.6 Å². The Morgan fingerprint density at radius 1 is 0.923 bits per heavy atom. The Morgan fingerprint density at radius 3 is 2.15 bits per heavy atom. The van der Waals surface area contributed by atoms with Gasteiger partial charge in [0.05, 0.1) is 38.3 Å². The lowest BCUT2D eigenvalue weighted by molar-refractivity contribution is -0.133. The fourth-order valence-electron chi connectivity index (χ4n) is 6.58. The Kier molecular flexibility index (Phi) is 12.3. The number of hydrogen-bond acceptors (Lipinski definition) is 8. The highest BCUT2D eigenvalue weighted by molar-refractivity contribution is 7.89. The first-order valence-corrected chi connectivity index (χ1v) is 20.3. The number of nitrogens with one attached hydrogen (secondary N) is 3. The number of nitrogens with zero attached hydrogens (tertiary/aromatic N) is 2. The van der Waals surface area contributed by atoms with Gasteiger partial charge in [-0.2, -0.15) is 4.31 Å². The number of fused-ring (bicyclic) bond motifs is 1. The van der Waals surface area contributed by atoms with E-state index in [9.17, 15) is 23.1 Å². The van der Waals surface area contributed by atoms with Crippen molar-refractivity contribution in [2.45, 2.75) is 102 Å². The van der Waals surface area contributed by atoms with Crippen molar-refractivity contribution in [1.29, 1.82) is 0 Å². The Labute approximate surface area is 312 Å². The number of rotatable bonds is 16. The number of carbonyl (C=O) groups is 2. The molecule has 0 radical (unpaired) electrons. The van der Waals surface area contributed by atoms with E-state index in [-0.39, 0.29) is 41.8 Å². The van der Waals surface area contributed by atoms with E-state index < -0.39 is 45.6 Å². The van der Waals surface area contributed by atoms with E-state index in [1.807, 2.05) is 90.1 Å². The molecule has 4 atom stereocenters. The van der Waals surface area contributed by atoms with Gasteiger partial charge in [0.2, 0.25) is 21.8 Å². The van der Waals surface area contributed by atoms with Crippen LogP contribution >= 0.6 is 11.3 Å². The van der Waals surface area contributed by atoms with Crippen molar-refractivity contribution in [2.24, 2.45) is 11.3 Å². The van der Waals surface area contributed by atoms with Crippen molar-refractivity contribution in [3.05, 3.63) is 95.0 Å². The molecule has 1 aromatic heterocycles. The Balaban J connectivity index is 1.36. The first-order valence-electron chi connectivity index (χ1n) is 18.0. The second-order valence-corrected chi connectivity index (χ2v) is 18.7. The van der Waals surface area contributed by atoms with Crippen LogP contribution in [0.2, 0.25) is 0 Å². The summed E-state index contributed by atoms with van der Waals surface area (Å²) in [6.45, 7) is 13.1. The molecule has 52 heavy (non-hydrogen) atoms. The third kappa shape index (κ3) is 9.64. The van der Waals surface area contributed by atoms with E-state index in [1.54, 1.807) is 25.1 Å². The van der Waals surface area contributed by atoms with Gasteiger partial charge < -0.3 is 15.7 Å². The second-order valence-electron chi connectivity index (χ2n) is 15.6. The Morgan fingerprint density at radius 2 is 1.56 bits per heavy atom. The van der Waals surface area contributed by atoms with Crippen LogP contribution < -0.4 is 16.0 Å². The molecule has 1 aliphatic rings. The number of aliphatic hydroxyl groups is 1.